The smallest absolute Gasteiger partial charge is 0.326 e. The quantitative estimate of drug-likeness (QED) is 0.346. The van der Waals surface area contributed by atoms with Gasteiger partial charge in [-0.15, -0.1) is 0 Å². The summed E-state index contributed by atoms with van der Waals surface area (Å²) in [4.78, 5) is 50.6. The van der Waals surface area contributed by atoms with Crippen LogP contribution in [0.3, 0.4) is 0 Å². The Bertz CT molecular complexity index is 1020. The van der Waals surface area contributed by atoms with Crippen molar-refractivity contribution in [3.63, 3.8) is 0 Å². The first-order valence-corrected chi connectivity index (χ1v) is 10.7. The van der Waals surface area contributed by atoms with Crippen molar-refractivity contribution in [2.75, 3.05) is 0 Å². The molecule has 172 valence electrons. The SMILES string of the molecule is CC[C@H](C)/C=C(C)/C=C/C1=CC2=C(Cl)C(=O)[C@](C)(OC(C)=O)C(=O)C2=CN1[C@H](C)C(=O)O. The number of nitrogens with zero attached hydrogens (tertiary/aromatic N) is 1. The molecule has 0 fully saturated rings. The summed E-state index contributed by atoms with van der Waals surface area (Å²) in [7, 11) is 0. The first-order chi connectivity index (χ1) is 14.8. The van der Waals surface area contributed by atoms with Crippen molar-refractivity contribution >= 4 is 35.1 Å². The third kappa shape index (κ3) is 4.93. The van der Waals surface area contributed by atoms with Gasteiger partial charge in [0.1, 0.15) is 6.04 Å². The predicted octanol–water partition coefficient (Wildman–Crippen LogP) is 4.06. The van der Waals surface area contributed by atoms with Crippen molar-refractivity contribution < 1.29 is 29.0 Å². The third-order valence-electron chi connectivity index (χ3n) is 5.53. The molecule has 0 aromatic carbocycles. The molecular formula is C24H28ClNO6. The molecule has 0 radical (unpaired) electrons. The standard InChI is InChI=1S/C24H28ClNO6/c1-7-13(2)10-14(3)8-9-17-11-18-19(12-26(17)15(4)23(30)31)21(28)24(6,32-16(5)27)22(29)20(18)25/h8-13,15H,7H2,1-6H3,(H,30,31)/b9-8+,14-10+/t13-,15+,24+/m0/s1. The van der Waals surface area contributed by atoms with Crippen LogP contribution in [0, 0.1) is 5.92 Å². The molecule has 3 atom stereocenters. The zero-order chi connectivity index (χ0) is 24.4. The lowest BCUT2D eigenvalue weighted by Crippen LogP contribution is -2.52. The minimum absolute atomic E-state index is 0.00969. The van der Waals surface area contributed by atoms with Gasteiger partial charge in [-0.05, 0) is 38.8 Å². The van der Waals surface area contributed by atoms with Crippen LogP contribution in [-0.2, 0) is 23.9 Å². The van der Waals surface area contributed by atoms with Gasteiger partial charge >= 0.3 is 11.9 Å². The van der Waals surface area contributed by atoms with Crippen molar-refractivity contribution in [2.24, 2.45) is 5.92 Å². The van der Waals surface area contributed by atoms with Crippen LogP contribution in [0.4, 0.5) is 0 Å². The number of carboxylic acids is 1. The van der Waals surface area contributed by atoms with E-state index in [1.165, 1.54) is 31.0 Å². The number of allylic oxidation sites excluding steroid dienone is 6. The number of carbonyl (C=O) groups excluding carboxylic acids is 3. The van der Waals surface area contributed by atoms with Crippen molar-refractivity contribution in [1.82, 2.24) is 4.90 Å². The maximum atomic E-state index is 13.1. The van der Waals surface area contributed by atoms with Crippen LogP contribution in [0.15, 0.2) is 58.0 Å². The molecular weight excluding hydrogens is 434 g/mol. The van der Waals surface area contributed by atoms with Gasteiger partial charge in [-0.2, -0.15) is 0 Å². The average Bonchev–Trinajstić information content (AvgIpc) is 2.73. The highest BCUT2D eigenvalue weighted by molar-refractivity contribution is 6.49. The molecule has 0 spiro atoms. The number of aliphatic carboxylic acids is 1. The van der Waals surface area contributed by atoms with Gasteiger partial charge in [-0.3, -0.25) is 14.4 Å². The number of hydrogen-bond donors (Lipinski definition) is 1. The van der Waals surface area contributed by atoms with E-state index in [0.717, 1.165) is 18.9 Å². The van der Waals surface area contributed by atoms with Gasteiger partial charge in [0, 0.05) is 30.0 Å². The largest absolute Gasteiger partial charge is 0.480 e. The van der Waals surface area contributed by atoms with Gasteiger partial charge in [0.05, 0.1) is 5.03 Å². The predicted molar refractivity (Wildman–Crippen MR) is 121 cm³/mol. The molecule has 0 aromatic heterocycles. The second-order valence-corrected chi connectivity index (χ2v) is 8.55. The molecule has 2 aliphatic rings. The van der Waals surface area contributed by atoms with E-state index in [1.54, 1.807) is 6.08 Å². The topological polar surface area (TPSA) is 101 Å². The van der Waals surface area contributed by atoms with E-state index in [-0.39, 0.29) is 16.2 Å². The minimum Gasteiger partial charge on any atom is -0.480 e. The van der Waals surface area contributed by atoms with Crippen LogP contribution in [-0.4, -0.2) is 45.2 Å². The number of Topliss-reactive ketones (excluding diaryl/α,β-unsaturated/α-hetero) is 2. The molecule has 1 N–H and O–H groups in total. The molecule has 0 saturated heterocycles. The number of halogens is 1. The summed E-state index contributed by atoms with van der Waals surface area (Å²) in [6.07, 6.45) is 9.48. The van der Waals surface area contributed by atoms with Crippen molar-refractivity contribution in [3.8, 4) is 0 Å². The second-order valence-electron chi connectivity index (χ2n) is 8.18. The monoisotopic (exact) mass is 461 g/mol. The molecule has 8 heteroatoms. The number of ether oxygens (including phenoxy) is 1. The highest BCUT2D eigenvalue weighted by Crippen LogP contribution is 2.40. The van der Waals surface area contributed by atoms with E-state index >= 15 is 0 Å². The average molecular weight is 462 g/mol. The maximum absolute atomic E-state index is 13.1. The Hall–Kier alpha value is -2.93. The Morgan fingerprint density at radius 3 is 2.41 bits per heavy atom. The molecule has 1 aliphatic heterocycles. The molecule has 0 unspecified atom stereocenters. The Labute approximate surface area is 192 Å². The molecule has 0 aromatic rings. The van der Waals surface area contributed by atoms with E-state index in [1.807, 2.05) is 13.0 Å². The van der Waals surface area contributed by atoms with Gasteiger partial charge in [0.2, 0.25) is 17.2 Å². The summed E-state index contributed by atoms with van der Waals surface area (Å²) in [5.74, 6) is -3.11. The number of ketones is 2. The summed E-state index contributed by atoms with van der Waals surface area (Å²) >= 11 is 6.31. The number of esters is 1. The summed E-state index contributed by atoms with van der Waals surface area (Å²) < 4.78 is 5.04. The highest BCUT2D eigenvalue weighted by atomic mass is 35.5. The maximum Gasteiger partial charge on any atom is 0.326 e. The molecule has 2 rings (SSSR count). The Kier molecular flexibility index (Phi) is 7.67. The zero-order valence-corrected chi connectivity index (χ0v) is 19.8. The zero-order valence-electron chi connectivity index (χ0n) is 19.1. The molecule has 32 heavy (non-hydrogen) atoms. The highest BCUT2D eigenvalue weighted by Gasteiger charge is 2.52. The van der Waals surface area contributed by atoms with Gasteiger partial charge in [-0.25, -0.2) is 4.79 Å². The lowest BCUT2D eigenvalue weighted by Gasteiger charge is -2.36. The third-order valence-corrected chi connectivity index (χ3v) is 5.90. The number of carboxylic acid groups (broad SMARTS) is 1. The van der Waals surface area contributed by atoms with Crippen molar-refractivity contribution in [3.05, 3.63) is 58.0 Å². The number of fused-ring (bicyclic) bond motifs is 1. The summed E-state index contributed by atoms with van der Waals surface area (Å²) in [5, 5.41) is 9.33. The Morgan fingerprint density at radius 1 is 1.25 bits per heavy atom. The fraction of sp³-hybridized carbons (Fsp3) is 0.417. The van der Waals surface area contributed by atoms with Gasteiger partial charge in [0.15, 0.2) is 0 Å². The normalized spacial score (nSPS) is 23.6. The molecule has 1 heterocycles. The summed E-state index contributed by atoms with van der Waals surface area (Å²) in [6.45, 7) is 9.86. The van der Waals surface area contributed by atoms with E-state index in [0.29, 0.717) is 11.6 Å². The number of carbonyl (C=O) groups is 4. The van der Waals surface area contributed by atoms with Crippen LogP contribution in [0.25, 0.3) is 0 Å². The molecule has 1 aliphatic carbocycles. The van der Waals surface area contributed by atoms with Crippen molar-refractivity contribution in [2.45, 2.75) is 59.6 Å². The second kappa shape index (κ2) is 9.69. The van der Waals surface area contributed by atoms with Gasteiger partial charge < -0.3 is 14.7 Å². The summed E-state index contributed by atoms with van der Waals surface area (Å²) in [5.41, 5.74) is -0.492. The van der Waals surface area contributed by atoms with Gasteiger partial charge in [0.25, 0.3) is 0 Å². The van der Waals surface area contributed by atoms with Crippen LogP contribution >= 0.6 is 11.6 Å². The van der Waals surface area contributed by atoms with Crippen LogP contribution in [0.1, 0.15) is 48.0 Å². The van der Waals surface area contributed by atoms with E-state index in [4.69, 9.17) is 16.3 Å². The molecule has 7 nitrogen and oxygen atoms in total. The Balaban J connectivity index is 2.63. The lowest BCUT2D eigenvalue weighted by molar-refractivity contribution is -0.167. The Morgan fingerprint density at radius 2 is 1.88 bits per heavy atom. The fourth-order valence-electron chi connectivity index (χ4n) is 3.45. The fourth-order valence-corrected chi connectivity index (χ4v) is 3.78. The minimum atomic E-state index is -2.10. The number of rotatable bonds is 7. The van der Waals surface area contributed by atoms with E-state index in [2.05, 4.69) is 19.9 Å². The van der Waals surface area contributed by atoms with Gasteiger partial charge in [-0.1, -0.05) is 49.6 Å². The molecule has 0 bridgehead atoms. The molecule has 0 amide bonds. The summed E-state index contributed by atoms with van der Waals surface area (Å²) in [6, 6.07) is -1.01. The van der Waals surface area contributed by atoms with Crippen LogP contribution in [0.2, 0.25) is 0 Å². The first kappa shape index (κ1) is 25.3. The number of hydrogen-bond acceptors (Lipinski definition) is 6. The van der Waals surface area contributed by atoms with Crippen LogP contribution in [0.5, 0.6) is 0 Å². The molecule has 0 saturated carbocycles. The van der Waals surface area contributed by atoms with Crippen LogP contribution < -0.4 is 0 Å². The van der Waals surface area contributed by atoms with E-state index < -0.39 is 35.1 Å². The first-order valence-electron chi connectivity index (χ1n) is 10.3. The lowest BCUT2D eigenvalue weighted by atomic mass is 9.79. The van der Waals surface area contributed by atoms with Crippen molar-refractivity contribution in [1.29, 1.82) is 0 Å². The van der Waals surface area contributed by atoms with E-state index in [9.17, 15) is 24.3 Å².